The highest BCUT2D eigenvalue weighted by Crippen LogP contribution is 2.26. The average Bonchev–Trinajstić information content (AvgIpc) is 3.06. The molecule has 0 N–H and O–H groups in total. The van der Waals surface area contributed by atoms with Crippen LogP contribution in [-0.2, 0) is 6.42 Å². The van der Waals surface area contributed by atoms with E-state index in [4.69, 9.17) is 9.68 Å². The number of rotatable bonds is 2. The summed E-state index contributed by atoms with van der Waals surface area (Å²) >= 11 is 0. The van der Waals surface area contributed by atoms with E-state index in [1.54, 1.807) is 30.7 Å². The minimum atomic E-state index is 0.114. The van der Waals surface area contributed by atoms with Crippen LogP contribution >= 0.6 is 0 Å². The molecule has 0 bridgehead atoms. The molecule has 0 fully saturated rings. The molecular weight excluding hydrogens is 242 g/mol. The van der Waals surface area contributed by atoms with E-state index in [9.17, 15) is 5.26 Å². The Hall–Kier alpha value is -3.12. The summed E-state index contributed by atoms with van der Waals surface area (Å²) in [6.07, 6.45) is 3.36. The van der Waals surface area contributed by atoms with Gasteiger partial charge < -0.3 is 4.42 Å². The summed E-state index contributed by atoms with van der Waals surface area (Å²) in [5.41, 5.74) is 1.48. The van der Waals surface area contributed by atoms with Crippen molar-refractivity contribution in [3.05, 3.63) is 42.0 Å². The molecule has 3 aromatic heterocycles. The number of pyridine rings is 1. The zero-order chi connectivity index (χ0) is 13.2. The van der Waals surface area contributed by atoms with Crippen LogP contribution in [0.3, 0.4) is 0 Å². The molecule has 0 spiro atoms. The number of furan rings is 1. The van der Waals surface area contributed by atoms with Gasteiger partial charge in [-0.25, -0.2) is 9.50 Å². The lowest BCUT2D eigenvalue weighted by Crippen LogP contribution is -1.93. The molecule has 0 aliphatic rings. The van der Waals surface area contributed by atoms with Crippen LogP contribution in [0.1, 0.15) is 11.4 Å². The van der Waals surface area contributed by atoms with Crippen LogP contribution in [-0.4, -0.2) is 14.6 Å². The van der Waals surface area contributed by atoms with E-state index in [0.29, 0.717) is 28.4 Å². The monoisotopic (exact) mass is 249 g/mol. The molecule has 0 saturated carbocycles. The van der Waals surface area contributed by atoms with Gasteiger partial charge in [0, 0.05) is 11.8 Å². The zero-order valence-electron chi connectivity index (χ0n) is 9.74. The van der Waals surface area contributed by atoms with E-state index >= 15 is 0 Å². The molecule has 0 unspecified atom stereocenters. The van der Waals surface area contributed by atoms with E-state index in [1.807, 2.05) is 6.07 Å². The second-order valence-corrected chi connectivity index (χ2v) is 3.82. The normalized spacial score (nSPS) is 10.2. The van der Waals surface area contributed by atoms with Crippen molar-refractivity contribution < 1.29 is 4.42 Å². The van der Waals surface area contributed by atoms with Gasteiger partial charge in [0.2, 0.25) is 0 Å². The molecule has 6 heteroatoms. The molecule has 6 nitrogen and oxygen atoms in total. The molecule has 0 saturated heterocycles. The van der Waals surface area contributed by atoms with Gasteiger partial charge in [-0.3, -0.25) is 0 Å². The van der Waals surface area contributed by atoms with Crippen LogP contribution in [0.4, 0.5) is 0 Å². The van der Waals surface area contributed by atoms with Gasteiger partial charge in [-0.05, 0) is 18.2 Å². The molecule has 3 heterocycles. The molecule has 0 aliphatic carbocycles. The SMILES string of the molecule is N#CCc1nc2c(C#N)c(-c3ccco3)ccn2n1. The third-order valence-corrected chi connectivity index (χ3v) is 2.69. The zero-order valence-corrected chi connectivity index (χ0v) is 9.74. The summed E-state index contributed by atoms with van der Waals surface area (Å²) in [5, 5.41) is 22.1. The van der Waals surface area contributed by atoms with Crippen molar-refractivity contribution in [2.45, 2.75) is 6.42 Å². The number of aromatic nitrogens is 3. The largest absolute Gasteiger partial charge is 0.464 e. The topological polar surface area (TPSA) is 90.9 Å². The number of hydrogen-bond acceptors (Lipinski definition) is 5. The van der Waals surface area contributed by atoms with Gasteiger partial charge >= 0.3 is 0 Å². The summed E-state index contributed by atoms with van der Waals surface area (Å²) in [7, 11) is 0. The molecule has 0 radical (unpaired) electrons. The first-order chi connectivity index (χ1) is 9.33. The number of nitrogens with zero attached hydrogens (tertiary/aromatic N) is 5. The average molecular weight is 249 g/mol. The lowest BCUT2D eigenvalue weighted by Gasteiger charge is -2.00. The van der Waals surface area contributed by atoms with Gasteiger partial charge in [-0.2, -0.15) is 15.6 Å². The maximum Gasteiger partial charge on any atom is 0.174 e. The van der Waals surface area contributed by atoms with Crippen molar-refractivity contribution in [2.24, 2.45) is 0 Å². The molecule has 90 valence electrons. The minimum absolute atomic E-state index is 0.114. The van der Waals surface area contributed by atoms with E-state index in [0.717, 1.165) is 0 Å². The van der Waals surface area contributed by atoms with Gasteiger partial charge in [0.25, 0.3) is 0 Å². The second kappa shape index (κ2) is 4.28. The first-order valence-electron chi connectivity index (χ1n) is 5.52. The standard InChI is InChI=1S/C13H7N5O/c14-5-3-12-16-13-10(8-15)9(4-6-18(13)17-12)11-2-1-7-19-11/h1-2,4,6-7H,3H2. The lowest BCUT2D eigenvalue weighted by molar-refractivity contribution is 0.582. The quantitative estimate of drug-likeness (QED) is 0.692. The first kappa shape index (κ1) is 11.0. The van der Waals surface area contributed by atoms with Gasteiger partial charge in [0.15, 0.2) is 11.5 Å². The summed E-state index contributed by atoms with van der Waals surface area (Å²) in [6.45, 7) is 0. The Morgan fingerprint density at radius 1 is 1.32 bits per heavy atom. The highest BCUT2D eigenvalue weighted by molar-refractivity contribution is 5.74. The van der Waals surface area contributed by atoms with Crippen LogP contribution in [0.25, 0.3) is 17.0 Å². The van der Waals surface area contributed by atoms with Crippen molar-refractivity contribution in [1.29, 1.82) is 10.5 Å². The molecular formula is C13H7N5O. The molecule has 0 aromatic carbocycles. The van der Waals surface area contributed by atoms with E-state index in [1.165, 1.54) is 4.52 Å². The molecule has 3 rings (SSSR count). The van der Waals surface area contributed by atoms with Crippen molar-refractivity contribution in [3.8, 4) is 23.5 Å². The van der Waals surface area contributed by atoms with Crippen molar-refractivity contribution in [2.75, 3.05) is 0 Å². The Kier molecular flexibility index (Phi) is 2.48. The number of fused-ring (bicyclic) bond motifs is 1. The van der Waals surface area contributed by atoms with Gasteiger partial charge in [0.1, 0.15) is 17.4 Å². The Labute approximate surface area is 108 Å². The number of hydrogen-bond donors (Lipinski definition) is 0. The smallest absolute Gasteiger partial charge is 0.174 e. The first-order valence-corrected chi connectivity index (χ1v) is 5.52. The minimum Gasteiger partial charge on any atom is -0.464 e. The van der Waals surface area contributed by atoms with Crippen LogP contribution in [0, 0.1) is 22.7 Å². The Morgan fingerprint density at radius 3 is 2.89 bits per heavy atom. The van der Waals surface area contributed by atoms with Crippen molar-refractivity contribution >= 4 is 5.65 Å². The maximum atomic E-state index is 9.32. The van der Waals surface area contributed by atoms with Crippen molar-refractivity contribution in [1.82, 2.24) is 14.6 Å². The highest BCUT2D eigenvalue weighted by atomic mass is 16.3. The number of nitriles is 2. The lowest BCUT2D eigenvalue weighted by atomic mass is 10.1. The molecule has 0 atom stereocenters. The van der Waals surface area contributed by atoms with Crippen LogP contribution in [0.15, 0.2) is 35.1 Å². The predicted molar refractivity (Wildman–Crippen MR) is 64.7 cm³/mol. The fourth-order valence-electron chi connectivity index (χ4n) is 1.88. The van der Waals surface area contributed by atoms with E-state index in [2.05, 4.69) is 16.2 Å². The Morgan fingerprint density at radius 2 is 2.21 bits per heavy atom. The fraction of sp³-hybridized carbons (Fsp3) is 0.0769. The van der Waals surface area contributed by atoms with Gasteiger partial charge in [-0.15, -0.1) is 0 Å². The third-order valence-electron chi connectivity index (χ3n) is 2.69. The summed E-state index contributed by atoms with van der Waals surface area (Å²) < 4.78 is 6.80. The fourth-order valence-corrected chi connectivity index (χ4v) is 1.88. The summed E-state index contributed by atoms with van der Waals surface area (Å²) in [4.78, 5) is 4.21. The van der Waals surface area contributed by atoms with Crippen LogP contribution in [0.5, 0.6) is 0 Å². The van der Waals surface area contributed by atoms with E-state index < -0.39 is 0 Å². The Bertz CT molecular complexity index is 817. The van der Waals surface area contributed by atoms with Gasteiger partial charge in [-0.1, -0.05) is 0 Å². The van der Waals surface area contributed by atoms with Crippen LogP contribution < -0.4 is 0 Å². The van der Waals surface area contributed by atoms with Crippen LogP contribution in [0.2, 0.25) is 0 Å². The molecule has 3 aromatic rings. The highest BCUT2D eigenvalue weighted by Gasteiger charge is 2.15. The second-order valence-electron chi connectivity index (χ2n) is 3.82. The molecule has 0 amide bonds. The predicted octanol–water partition coefficient (Wildman–Crippen LogP) is 1.93. The summed E-state index contributed by atoms with van der Waals surface area (Å²) in [5.74, 6) is 1.000. The maximum absolute atomic E-state index is 9.32. The van der Waals surface area contributed by atoms with E-state index in [-0.39, 0.29) is 6.42 Å². The summed E-state index contributed by atoms with van der Waals surface area (Å²) in [6, 6.07) is 9.38. The van der Waals surface area contributed by atoms with Gasteiger partial charge in [0.05, 0.1) is 18.8 Å². The molecule has 0 aliphatic heterocycles. The third kappa shape index (κ3) is 1.72. The Balaban J connectivity index is 2.27. The van der Waals surface area contributed by atoms with Crippen molar-refractivity contribution in [3.63, 3.8) is 0 Å². The molecule has 19 heavy (non-hydrogen) atoms.